The molecule has 3 aromatic rings. The zero-order valence-corrected chi connectivity index (χ0v) is 19.0. The fourth-order valence-electron chi connectivity index (χ4n) is 3.41. The summed E-state index contributed by atoms with van der Waals surface area (Å²) in [5.41, 5.74) is 2.19. The lowest BCUT2D eigenvalue weighted by Gasteiger charge is -2.28. The summed E-state index contributed by atoms with van der Waals surface area (Å²) in [6.45, 7) is 0.573. The minimum absolute atomic E-state index is 0.135. The van der Waals surface area contributed by atoms with Gasteiger partial charge >= 0.3 is 0 Å². The number of hydrogen-bond acceptors (Lipinski definition) is 4. The van der Waals surface area contributed by atoms with Crippen LogP contribution < -0.4 is 4.72 Å². The van der Waals surface area contributed by atoms with Crippen LogP contribution in [0, 0.1) is 0 Å². The Morgan fingerprint density at radius 3 is 2.27 bits per heavy atom. The summed E-state index contributed by atoms with van der Waals surface area (Å²) in [6.07, 6.45) is 0.568. The summed E-state index contributed by atoms with van der Waals surface area (Å²) in [5, 5.41) is 0. The first-order chi connectivity index (χ1) is 14.3. The van der Waals surface area contributed by atoms with Gasteiger partial charge in [-0.05, 0) is 69.9 Å². The largest absolute Gasteiger partial charge is 0.280 e. The van der Waals surface area contributed by atoms with E-state index in [1.807, 2.05) is 6.07 Å². The first-order valence-corrected chi connectivity index (χ1v) is 12.9. The molecule has 6 nitrogen and oxygen atoms in total. The highest BCUT2D eigenvalue weighted by Crippen LogP contribution is 2.29. The van der Waals surface area contributed by atoms with Crippen molar-refractivity contribution in [1.29, 1.82) is 0 Å². The number of nitrogens with one attached hydrogen (secondary N) is 1. The number of anilines is 1. The highest BCUT2D eigenvalue weighted by molar-refractivity contribution is 9.10. The Morgan fingerprint density at radius 1 is 0.833 bits per heavy atom. The Kier molecular flexibility index (Phi) is 5.71. The van der Waals surface area contributed by atoms with Crippen molar-refractivity contribution in [3.05, 3.63) is 88.4 Å². The molecule has 0 saturated heterocycles. The van der Waals surface area contributed by atoms with Gasteiger partial charge in [0.2, 0.25) is 10.0 Å². The van der Waals surface area contributed by atoms with Gasteiger partial charge in [-0.25, -0.2) is 16.8 Å². The maximum atomic E-state index is 12.9. The molecular formula is C21H19BrN2O4S2. The minimum Gasteiger partial charge on any atom is -0.280 e. The van der Waals surface area contributed by atoms with Crippen LogP contribution in [0.2, 0.25) is 0 Å². The zero-order chi connectivity index (χ0) is 21.4. The second-order valence-electron chi connectivity index (χ2n) is 6.92. The summed E-state index contributed by atoms with van der Waals surface area (Å²) < 4.78 is 55.9. The lowest BCUT2D eigenvalue weighted by Crippen LogP contribution is -2.36. The number of hydrogen-bond donors (Lipinski definition) is 1. The van der Waals surface area contributed by atoms with Crippen LogP contribution in [0.25, 0.3) is 0 Å². The van der Waals surface area contributed by atoms with Crippen LogP contribution in [-0.2, 0) is 33.0 Å². The van der Waals surface area contributed by atoms with Crippen molar-refractivity contribution in [2.45, 2.75) is 22.8 Å². The third-order valence-electron chi connectivity index (χ3n) is 4.94. The lowest BCUT2D eigenvalue weighted by molar-refractivity contribution is 0.391. The lowest BCUT2D eigenvalue weighted by atomic mass is 10.0. The van der Waals surface area contributed by atoms with Gasteiger partial charge in [-0.2, -0.15) is 4.31 Å². The Balaban J connectivity index is 1.60. The molecule has 0 aromatic heterocycles. The van der Waals surface area contributed by atoms with E-state index >= 15 is 0 Å². The van der Waals surface area contributed by atoms with Gasteiger partial charge in [0.1, 0.15) is 4.90 Å². The van der Waals surface area contributed by atoms with E-state index in [1.54, 1.807) is 60.7 Å². The molecule has 4 rings (SSSR count). The van der Waals surface area contributed by atoms with Crippen molar-refractivity contribution < 1.29 is 16.8 Å². The molecule has 0 spiro atoms. The van der Waals surface area contributed by atoms with Gasteiger partial charge < -0.3 is 0 Å². The summed E-state index contributed by atoms with van der Waals surface area (Å²) in [4.78, 5) is 0.384. The standard InChI is InChI=1S/C21H19BrN2O4S2/c22-20-8-4-5-9-21(20)29(25,26)23-18-11-10-16-12-13-24(15-17(16)14-18)30(27,28)19-6-2-1-3-7-19/h1-11,14,23H,12-13,15H2. The monoisotopic (exact) mass is 506 g/mol. The molecule has 0 radical (unpaired) electrons. The molecule has 0 fully saturated rings. The first-order valence-electron chi connectivity index (χ1n) is 9.22. The Hall–Kier alpha value is -2.20. The van der Waals surface area contributed by atoms with Crippen LogP contribution >= 0.6 is 15.9 Å². The van der Waals surface area contributed by atoms with E-state index in [9.17, 15) is 16.8 Å². The Bertz CT molecular complexity index is 1290. The second-order valence-corrected chi connectivity index (χ2v) is 11.4. The smallest absolute Gasteiger partial charge is 0.263 e. The number of sulfonamides is 2. The van der Waals surface area contributed by atoms with Gasteiger partial charge in [0.05, 0.1) is 4.90 Å². The van der Waals surface area contributed by atoms with Gasteiger partial charge in [0.25, 0.3) is 10.0 Å². The number of nitrogens with zero attached hydrogens (tertiary/aromatic N) is 1. The average molecular weight is 507 g/mol. The molecule has 0 atom stereocenters. The van der Waals surface area contributed by atoms with Gasteiger partial charge in [-0.15, -0.1) is 0 Å². The van der Waals surface area contributed by atoms with Crippen molar-refractivity contribution in [3.8, 4) is 0 Å². The SMILES string of the molecule is O=S(=O)(Nc1ccc2c(c1)CN(S(=O)(=O)c1ccccc1)CC2)c1ccccc1Br. The van der Waals surface area contributed by atoms with Crippen molar-refractivity contribution in [3.63, 3.8) is 0 Å². The molecule has 0 saturated carbocycles. The Labute approximate surface area is 184 Å². The molecule has 1 aliphatic rings. The molecule has 0 amide bonds. The van der Waals surface area contributed by atoms with Crippen LogP contribution in [0.15, 0.2) is 87.1 Å². The zero-order valence-electron chi connectivity index (χ0n) is 15.8. The second kappa shape index (κ2) is 8.14. The molecule has 0 bridgehead atoms. The maximum Gasteiger partial charge on any atom is 0.263 e. The van der Waals surface area contributed by atoms with Crippen LogP contribution in [0.3, 0.4) is 0 Å². The summed E-state index contributed by atoms with van der Waals surface area (Å²) in [5.74, 6) is 0. The molecule has 3 aromatic carbocycles. The van der Waals surface area contributed by atoms with E-state index in [1.165, 1.54) is 10.4 Å². The predicted molar refractivity (Wildman–Crippen MR) is 119 cm³/mol. The Morgan fingerprint density at radius 2 is 1.53 bits per heavy atom. The molecule has 9 heteroatoms. The summed E-state index contributed by atoms with van der Waals surface area (Å²) >= 11 is 3.26. The van der Waals surface area contributed by atoms with Crippen molar-refractivity contribution in [1.82, 2.24) is 4.31 Å². The first kappa shape index (κ1) is 21.0. The molecule has 156 valence electrons. The van der Waals surface area contributed by atoms with E-state index in [0.717, 1.165) is 11.1 Å². The van der Waals surface area contributed by atoms with Gasteiger partial charge in [-0.3, -0.25) is 4.72 Å². The highest BCUT2D eigenvalue weighted by Gasteiger charge is 2.28. The van der Waals surface area contributed by atoms with E-state index in [-0.39, 0.29) is 16.3 Å². The number of halogens is 1. The highest BCUT2D eigenvalue weighted by atomic mass is 79.9. The topological polar surface area (TPSA) is 83.6 Å². The number of benzene rings is 3. The van der Waals surface area contributed by atoms with Crippen LogP contribution in [0.1, 0.15) is 11.1 Å². The van der Waals surface area contributed by atoms with Crippen molar-refractivity contribution in [2.75, 3.05) is 11.3 Å². The number of rotatable bonds is 5. The summed E-state index contributed by atoms with van der Waals surface area (Å²) in [6, 6.07) is 20.1. The molecule has 1 aliphatic heterocycles. The maximum absolute atomic E-state index is 12.9. The van der Waals surface area contributed by atoms with E-state index in [2.05, 4.69) is 20.7 Å². The average Bonchev–Trinajstić information content (AvgIpc) is 2.73. The van der Waals surface area contributed by atoms with Crippen LogP contribution in [0.5, 0.6) is 0 Å². The minimum atomic E-state index is -3.78. The van der Waals surface area contributed by atoms with Crippen LogP contribution in [-0.4, -0.2) is 27.7 Å². The third kappa shape index (κ3) is 4.15. The summed E-state index contributed by atoms with van der Waals surface area (Å²) in [7, 11) is -7.40. The third-order valence-corrected chi connectivity index (χ3v) is 9.20. The van der Waals surface area contributed by atoms with Gasteiger partial charge in [0.15, 0.2) is 0 Å². The van der Waals surface area contributed by atoms with Crippen molar-refractivity contribution in [2.24, 2.45) is 0 Å². The van der Waals surface area contributed by atoms with E-state index in [0.29, 0.717) is 23.1 Å². The van der Waals surface area contributed by atoms with Gasteiger partial charge in [-0.1, -0.05) is 36.4 Å². The molecule has 0 aliphatic carbocycles. The molecule has 30 heavy (non-hydrogen) atoms. The fourth-order valence-corrected chi connectivity index (χ4v) is 6.91. The fraction of sp³-hybridized carbons (Fsp3) is 0.143. The van der Waals surface area contributed by atoms with Crippen LogP contribution in [0.4, 0.5) is 5.69 Å². The molecule has 1 heterocycles. The molecule has 1 N–H and O–H groups in total. The van der Waals surface area contributed by atoms with E-state index < -0.39 is 20.0 Å². The quantitative estimate of drug-likeness (QED) is 0.566. The number of fused-ring (bicyclic) bond motifs is 1. The molecular weight excluding hydrogens is 488 g/mol. The predicted octanol–water partition coefficient (Wildman–Crippen LogP) is 4.00. The van der Waals surface area contributed by atoms with E-state index in [4.69, 9.17) is 0 Å². The normalized spacial score (nSPS) is 14.8. The van der Waals surface area contributed by atoms with Crippen molar-refractivity contribution >= 4 is 41.7 Å². The van der Waals surface area contributed by atoms with Gasteiger partial charge in [0, 0.05) is 23.2 Å². The molecule has 0 unspecified atom stereocenters.